The van der Waals surface area contributed by atoms with Gasteiger partial charge in [0.15, 0.2) is 5.16 Å². The van der Waals surface area contributed by atoms with Gasteiger partial charge in [0, 0.05) is 19.3 Å². The van der Waals surface area contributed by atoms with Crippen molar-refractivity contribution < 1.29 is 0 Å². The molecule has 0 saturated carbocycles. The van der Waals surface area contributed by atoms with Gasteiger partial charge in [0.2, 0.25) is 0 Å². The van der Waals surface area contributed by atoms with Gasteiger partial charge in [-0.2, -0.15) is 10.2 Å². The molecule has 0 unspecified atom stereocenters. The SMILES string of the molecule is CCc1nn(CC)c(CSc2ncnn2C)c1Br. The zero-order valence-electron chi connectivity index (χ0n) is 10.7. The first-order valence-electron chi connectivity index (χ1n) is 5.88. The quantitative estimate of drug-likeness (QED) is 0.791. The normalized spacial score (nSPS) is 11.1. The van der Waals surface area contributed by atoms with Crippen molar-refractivity contribution >= 4 is 27.7 Å². The van der Waals surface area contributed by atoms with Crippen LogP contribution in [0.2, 0.25) is 0 Å². The van der Waals surface area contributed by atoms with Crippen LogP contribution in [-0.2, 0) is 25.8 Å². The van der Waals surface area contributed by atoms with Gasteiger partial charge >= 0.3 is 0 Å². The van der Waals surface area contributed by atoms with Gasteiger partial charge in [-0.05, 0) is 29.3 Å². The van der Waals surface area contributed by atoms with Crippen molar-refractivity contribution in [3.8, 4) is 0 Å². The Morgan fingerprint density at radius 3 is 2.72 bits per heavy atom. The highest BCUT2D eigenvalue weighted by Crippen LogP contribution is 2.28. The van der Waals surface area contributed by atoms with Gasteiger partial charge in [-0.3, -0.25) is 4.68 Å². The molecule has 0 fully saturated rings. The molecule has 7 heteroatoms. The van der Waals surface area contributed by atoms with Crippen LogP contribution >= 0.6 is 27.7 Å². The number of nitrogens with zero attached hydrogens (tertiary/aromatic N) is 5. The molecule has 2 heterocycles. The van der Waals surface area contributed by atoms with Gasteiger partial charge in [0.25, 0.3) is 0 Å². The highest BCUT2D eigenvalue weighted by molar-refractivity contribution is 9.10. The fraction of sp³-hybridized carbons (Fsp3) is 0.545. The third-order valence-corrected chi connectivity index (χ3v) is 4.66. The minimum absolute atomic E-state index is 0.841. The topological polar surface area (TPSA) is 48.5 Å². The molecule has 0 aliphatic heterocycles. The van der Waals surface area contributed by atoms with Gasteiger partial charge in [0.05, 0.1) is 15.9 Å². The molecular formula is C11H16BrN5S. The zero-order chi connectivity index (χ0) is 13.1. The zero-order valence-corrected chi connectivity index (χ0v) is 13.1. The minimum Gasteiger partial charge on any atom is -0.268 e. The van der Waals surface area contributed by atoms with Gasteiger partial charge in [-0.25, -0.2) is 9.67 Å². The minimum atomic E-state index is 0.841. The highest BCUT2D eigenvalue weighted by Gasteiger charge is 2.14. The molecule has 0 spiro atoms. The van der Waals surface area contributed by atoms with Gasteiger partial charge < -0.3 is 0 Å². The summed E-state index contributed by atoms with van der Waals surface area (Å²) in [5, 5.41) is 9.57. The van der Waals surface area contributed by atoms with Crippen molar-refractivity contribution in [2.24, 2.45) is 7.05 Å². The van der Waals surface area contributed by atoms with Crippen LogP contribution in [0.5, 0.6) is 0 Å². The second-order valence-corrected chi connectivity index (χ2v) is 5.57. The summed E-state index contributed by atoms with van der Waals surface area (Å²) in [6, 6.07) is 0. The van der Waals surface area contributed by atoms with Gasteiger partial charge in [-0.1, -0.05) is 18.7 Å². The lowest BCUT2D eigenvalue weighted by Gasteiger charge is -2.04. The lowest BCUT2D eigenvalue weighted by Crippen LogP contribution is -2.02. The smallest absolute Gasteiger partial charge is 0.186 e. The summed E-state index contributed by atoms with van der Waals surface area (Å²) in [7, 11) is 1.90. The molecule has 0 aromatic carbocycles. The van der Waals surface area contributed by atoms with Gasteiger partial charge in [0.1, 0.15) is 6.33 Å². The molecule has 2 rings (SSSR count). The largest absolute Gasteiger partial charge is 0.268 e. The van der Waals surface area contributed by atoms with E-state index in [0.29, 0.717) is 0 Å². The van der Waals surface area contributed by atoms with E-state index in [4.69, 9.17) is 0 Å². The first kappa shape index (κ1) is 13.6. The molecule has 5 nitrogen and oxygen atoms in total. The Labute approximate surface area is 119 Å². The summed E-state index contributed by atoms with van der Waals surface area (Å²) in [5.74, 6) is 0.841. The predicted octanol–water partition coefficient (Wildman–Crippen LogP) is 2.65. The van der Waals surface area contributed by atoms with Crippen LogP contribution in [0.25, 0.3) is 0 Å². The van der Waals surface area contributed by atoms with Crippen LogP contribution in [0.1, 0.15) is 25.2 Å². The maximum Gasteiger partial charge on any atom is 0.186 e. The summed E-state index contributed by atoms with van der Waals surface area (Å²) in [6.45, 7) is 5.11. The molecule has 0 amide bonds. The maximum atomic E-state index is 4.58. The van der Waals surface area contributed by atoms with E-state index in [1.165, 1.54) is 5.69 Å². The number of halogens is 1. The Morgan fingerprint density at radius 2 is 2.17 bits per heavy atom. The maximum absolute atomic E-state index is 4.58. The van der Waals surface area contributed by atoms with Crippen LogP contribution in [-0.4, -0.2) is 24.5 Å². The summed E-state index contributed by atoms with van der Waals surface area (Å²) in [4.78, 5) is 4.21. The number of rotatable bonds is 5. The molecule has 0 N–H and O–H groups in total. The van der Waals surface area contributed by atoms with E-state index in [0.717, 1.165) is 34.0 Å². The molecule has 2 aromatic heterocycles. The summed E-state index contributed by atoms with van der Waals surface area (Å²) >= 11 is 5.32. The third-order valence-electron chi connectivity index (χ3n) is 2.70. The standard InChI is InChI=1S/C11H16BrN5S/c1-4-8-10(12)9(17(5-2)15-8)6-18-11-13-7-14-16(11)3/h7H,4-6H2,1-3H3. The molecule has 0 radical (unpaired) electrons. The Hall–Kier alpha value is -0.820. The van der Waals surface area contributed by atoms with E-state index >= 15 is 0 Å². The van der Waals surface area contributed by atoms with Crippen LogP contribution < -0.4 is 0 Å². The molecule has 98 valence electrons. The van der Waals surface area contributed by atoms with Crippen molar-refractivity contribution in [3.63, 3.8) is 0 Å². The summed E-state index contributed by atoms with van der Waals surface area (Å²) < 4.78 is 4.96. The molecule has 0 bridgehead atoms. The Balaban J connectivity index is 2.18. The predicted molar refractivity (Wildman–Crippen MR) is 75.5 cm³/mol. The molecule has 2 aromatic rings. The number of hydrogen-bond acceptors (Lipinski definition) is 4. The number of hydrogen-bond donors (Lipinski definition) is 0. The van der Waals surface area contributed by atoms with E-state index in [1.807, 2.05) is 11.7 Å². The Morgan fingerprint density at radius 1 is 1.39 bits per heavy atom. The van der Waals surface area contributed by atoms with Crippen LogP contribution in [0.4, 0.5) is 0 Å². The number of aryl methyl sites for hydroxylation is 3. The average Bonchev–Trinajstić information content (AvgIpc) is 2.91. The van der Waals surface area contributed by atoms with Crippen molar-refractivity contribution in [3.05, 3.63) is 22.2 Å². The van der Waals surface area contributed by atoms with E-state index in [1.54, 1.807) is 22.8 Å². The molecular weight excluding hydrogens is 314 g/mol. The second-order valence-electron chi connectivity index (χ2n) is 3.83. The number of thioether (sulfide) groups is 1. The first-order valence-corrected chi connectivity index (χ1v) is 7.66. The number of aromatic nitrogens is 5. The lowest BCUT2D eigenvalue weighted by molar-refractivity contribution is 0.626. The molecule has 0 aliphatic rings. The van der Waals surface area contributed by atoms with Crippen molar-refractivity contribution in [1.82, 2.24) is 24.5 Å². The monoisotopic (exact) mass is 329 g/mol. The van der Waals surface area contributed by atoms with E-state index in [2.05, 4.69) is 45.0 Å². The Kier molecular flexibility index (Phi) is 4.45. The summed E-state index contributed by atoms with van der Waals surface area (Å²) in [5.41, 5.74) is 2.33. The fourth-order valence-corrected chi connectivity index (χ4v) is 3.51. The molecule has 0 atom stereocenters. The van der Waals surface area contributed by atoms with Crippen molar-refractivity contribution in [2.75, 3.05) is 0 Å². The average molecular weight is 330 g/mol. The Bertz CT molecular complexity index is 534. The van der Waals surface area contributed by atoms with E-state index in [9.17, 15) is 0 Å². The second kappa shape index (κ2) is 5.88. The van der Waals surface area contributed by atoms with Crippen molar-refractivity contribution in [2.45, 2.75) is 37.7 Å². The molecule has 0 saturated heterocycles. The van der Waals surface area contributed by atoms with Crippen molar-refractivity contribution in [1.29, 1.82) is 0 Å². The van der Waals surface area contributed by atoms with Crippen LogP contribution in [0, 0.1) is 0 Å². The fourth-order valence-electron chi connectivity index (χ4n) is 1.70. The van der Waals surface area contributed by atoms with Crippen LogP contribution in [0.3, 0.4) is 0 Å². The van der Waals surface area contributed by atoms with Crippen LogP contribution in [0.15, 0.2) is 16.0 Å². The lowest BCUT2D eigenvalue weighted by atomic mass is 10.3. The third kappa shape index (κ3) is 2.61. The van der Waals surface area contributed by atoms with Gasteiger partial charge in [-0.15, -0.1) is 0 Å². The highest BCUT2D eigenvalue weighted by atomic mass is 79.9. The molecule has 18 heavy (non-hydrogen) atoms. The first-order chi connectivity index (χ1) is 8.67. The molecule has 0 aliphatic carbocycles. The van der Waals surface area contributed by atoms with E-state index in [-0.39, 0.29) is 0 Å². The van der Waals surface area contributed by atoms with E-state index < -0.39 is 0 Å². The summed E-state index contributed by atoms with van der Waals surface area (Å²) in [6.07, 6.45) is 2.52.